The van der Waals surface area contributed by atoms with Crippen molar-refractivity contribution in [3.63, 3.8) is 0 Å². The lowest BCUT2D eigenvalue weighted by Crippen LogP contribution is -2.49. The van der Waals surface area contributed by atoms with Crippen molar-refractivity contribution >= 4 is 22.6 Å². The summed E-state index contributed by atoms with van der Waals surface area (Å²) in [6.45, 7) is 3.64. The first-order valence-electron chi connectivity index (χ1n) is 8.96. The minimum atomic E-state index is -0.783. The highest BCUT2D eigenvalue weighted by Gasteiger charge is 2.21. The molecule has 6 heteroatoms. The Balaban J connectivity index is 1.44. The van der Waals surface area contributed by atoms with Crippen molar-refractivity contribution in [3.8, 4) is 5.75 Å². The Hall–Kier alpha value is -2.60. The average molecular weight is 356 g/mol. The van der Waals surface area contributed by atoms with E-state index < -0.39 is 5.97 Å². The van der Waals surface area contributed by atoms with Crippen LogP contribution >= 0.6 is 0 Å². The zero-order chi connectivity index (χ0) is 18.4. The lowest BCUT2D eigenvalue weighted by atomic mass is 10.1. The predicted octanol–water partition coefficient (Wildman–Crippen LogP) is 2.23. The average Bonchev–Trinajstić information content (AvgIpc) is 2.67. The van der Waals surface area contributed by atoms with Gasteiger partial charge in [-0.2, -0.15) is 0 Å². The van der Waals surface area contributed by atoms with Crippen molar-refractivity contribution in [1.82, 2.24) is 9.80 Å². The van der Waals surface area contributed by atoms with Gasteiger partial charge in [-0.3, -0.25) is 14.5 Å². The summed E-state index contributed by atoms with van der Waals surface area (Å²) in [5.74, 6) is 0.103. The first kappa shape index (κ1) is 18.2. The maximum absolute atomic E-state index is 12.4. The van der Waals surface area contributed by atoms with Gasteiger partial charge in [0, 0.05) is 38.1 Å². The van der Waals surface area contributed by atoms with Crippen molar-refractivity contribution in [3.05, 3.63) is 42.5 Å². The zero-order valence-corrected chi connectivity index (χ0v) is 14.8. The summed E-state index contributed by atoms with van der Waals surface area (Å²) >= 11 is 0. The van der Waals surface area contributed by atoms with Crippen molar-refractivity contribution in [2.75, 3.05) is 39.3 Å². The number of hydrogen-bond donors (Lipinski definition) is 1. The van der Waals surface area contributed by atoms with Crippen LogP contribution in [0.1, 0.15) is 12.8 Å². The van der Waals surface area contributed by atoms with E-state index in [-0.39, 0.29) is 12.3 Å². The second-order valence-electron chi connectivity index (χ2n) is 6.44. The number of nitrogens with zero attached hydrogens (tertiary/aromatic N) is 2. The Morgan fingerprint density at radius 1 is 0.962 bits per heavy atom. The number of carboxylic acid groups (broad SMARTS) is 1. The third-order valence-corrected chi connectivity index (χ3v) is 4.69. The van der Waals surface area contributed by atoms with Crippen LogP contribution in [0.4, 0.5) is 0 Å². The van der Waals surface area contributed by atoms with Crippen molar-refractivity contribution in [2.24, 2.45) is 0 Å². The van der Waals surface area contributed by atoms with Gasteiger partial charge in [-0.05, 0) is 11.5 Å². The molecule has 138 valence electrons. The molecule has 26 heavy (non-hydrogen) atoms. The molecule has 0 atom stereocenters. The molecule has 1 fully saturated rings. The number of carboxylic acids is 1. The van der Waals surface area contributed by atoms with Gasteiger partial charge in [0.15, 0.2) is 0 Å². The topological polar surface area (TPSA) is 70.1 Å². The molecule has 0 radical (unpaired) electrons. The zero-order valence-electron chi connectivity index (χ0n) is 14.8. The van der Waals surface area contributed by atoms with Crippen LogP contribution in [0.25, 0.3) is 10.8 Å². The number of carbonyl (C=O) groups is 2. The Bertz CT molecular complexity index is 764. The van der Waals surface area contributed by atoms with Crippen LogP contribution in [0, 0.1) is 0 Å². The molecule has 1 saturated heterocycles. The first-order valence-corrected chi connectivity index (χ1v) is 8.96. The van der Waals surface area contributed by atoms with E-state index >= 15 is 0 Å². The number of benzene rings is 2. The van der Waals surface area contributed by atoms with E-state index in [1.54, 1.807) is 0 Å². The molecular formula is C20H24N2O4. The highest BCUT2D eigenvalue weighted by Crippen LogP contribution is 2.25. The summed E-state index contributed by atoms with van der Waals surface area (Å²) in [5.41, 5.74) is 0. The number of hydrogen-bond acceptors (Lipinski definition) is 4. The van der Waals surface area contributed by atoms with Gasteiger partial charge < -0.3 is 14.7 Å². The van der Waals surface area contributed by atoms with Gasteiger partial charge in [0.2, 0.25) is 5.91 Å². The van der Waals surface area contributed by atoms with E-state index in [1.165, 1.54) is 0 Å². The van der Waals surface area contributed by atoms with E-state index in [2.05, 4.69) is 4.90 Å². The quantitative estimate of drug-likeness (QED) is 0.824. The molecule has 6 nitrogen and oxygen atoms in total. The fourth-order valence-corrected chi connectivity index (χ4v) is 3.20. The maximum atomic E-state index is 12.4. The summed E-state index contributed by atoms with van der Waals surface area (Å²) in [6, 6.07) is 13.9. The molecule has 0 saturated carbocycles. The Labute approximate surface area is 153 Å². The van der Waals surface area contributed by atoms with Crippen LogP contribution in [-0.2, 0) is 9.59 Å². The summed E-state index contributed by atoms with van der Waals surface area (Å²) in [5, 5.41) is 10.9. The van der Waals surface area contributed by atoms with E-state index in [4.69, 9.17) is 9.84 Å². The van der Waals surface area contributed by atoms with Crippen LogP contribution in [0.2, 0.25) is 0 Å². The number of aliphatic carboxylic acids is 1. The molecule has 1 aliphatic rings. The molecule has 0 aliphatic carbocycles. The summed E-state index contributed by atoms with van der Waals surface area (Å²) in [6.07, 6.45) is 0.491. The van der Waals surface area contributed by atoms with E-state index in [0.717, 1.165) is 29.6 Å². The van der Waals surface area contributed by atoms with Crippen LogP contribution in [-0.4, -0.2) is 66.1 Å². The van der Waals surface area contributed by atoms with Crippen LogP contribution in [0.15, 0.2) is 42.5 Å². The van der Waals surface area contributed by atoms with Gasteiger partial charge in [0.1, 0.15) is 5.75 Å². The molecule has 0 unspecified atom stereocenters. The predicted molar refractivity (Wildman–Crippen MR) is 99.3 cm³/mol. The number of fused-ring (bicyclic) bond motifs is 1. The fourth-order valence-electron chi connectivity index (χ4n) is 3.20. The lowest BCUT2D eigenvalue weighted by molar-refractivity contribution is -0.138. The standard InChI is InChI=1S/C20H24N2O4/c23-19(22-13-11-21(12-14-22)10-8-20(24)25)9-15-26-18-7-3-5-16-4-1-2-6-17(16)18/h1-7H,8-15H2,(H,24,25). The molecule has 1 aliphatic heterocycles. The van der Waals surface area contributed by atoms with Gasteiger partial charge in [-0.1, -0.05) is 36.4 Å². The van der Waals surface area contributed by atoms with Crippen LogP contribution < -0.4 is 4.74 Å². The van der Waals surface area contributed by atoms with Crippen molar-refractivity contribution in [1.29, 1.82) is 0 Å². The second kappa shape index (κ2) is 8.67. The molecule has 0 aromatic heterocycles. The molecule has 1 heterocycles. The lowest BCUT2D eigenvalue weighted by Gasteiger charge is -2.34. The molecule has 2 aromatic carbocycles. The summed E-state index contributed by atoms with van der Waals surface area (Å²) < 4.78 is 5.84. The molecule has 0 bridgehead atoms. The smallest absolute Gasteiger partial charge is 0.304 e. The molecule has 2 aromatic rings. The second-order valence-corrected chi connectivity index (χ2v) is 6.44. The molecule has 1 N–H and O–H groups in total. The van der Waals surface area contributed by atoms with Gasteiger partial charge in [0.25, 0.3) is 0 Å². The first-order chi connectivity index (χ1) is 12.6. The van der Waals surface area contributed by atoms with Gasteiger partial charge in [0.05, 0.1) is 19.4 Å². The number of carbonyl (C=O) groups excluding carboxylic acids is 1. The number of ether oxygens (including phenoxy) is 1. The highest BCUT2D eigenvalue weighted by molar-refractivity contribution is 5.88. The van der Waals surface area contributed by atoms with E-state index in [9.17, 15) is 9.59 Å². The molecule has 0 spiro atoms. The van der Waals surface area contributed by atoms with Crippen LogP contribution in [0.5, 0.6) is 5.75 Å². The summed E-state index contributed by atoms with van der Waals surface area (Å²) in [4.78, 5) is 26.9. The Kier molecular flexibility index (Phi) is 6.07. The monoisotopic (exact) mass is 356 g/mol. The van der Waals surface area contributed by atoms with Crippen LogP contribution in [0.3, 0.4) is 0 Å². The Morgan fingerprint density at radius 3 is 2.46 bits per heavy atom. The Morgan fingerprint density at radius 2 is 1.69 bits per heavy atom. The van der Waals surface area contributed by atoms with E-state index in [0.29, 0.717) is 32.7 Å². The largest absolute Gasteiger partial charge is 0.492 e. The van der Waals surface area contributed by atoms with E-state index in [1.807, 2.05) is 47.4 Å². The minimum absolute atomic E-state index is 0.0862. The van der Waals surface area contributed by atoms with Crippen molar-refractivity contribution in [2.45, 2.75) is 12.8 Å². The molecule has 1 amide bonds. The maximum Gasteiger partial charge on any atom is 0.304 e. The fraction of sp³-hybridized carbons (Fsp3) is 0.400. The summed E-state index contributed by atoms with van der Waals surface area (Å²) in [7, 11) is 0. The third kappa shape index (κ3) is 4.73. The number of amides is 1. The SMILES string of the molecule is O=C(O)CCN1CCN(C(=O)CCOc2cccc3ccccc23)CC1. The molecular weight excluding hydrogens is 332 g/mol. The third-order valence-electron chi connectivity index (χ3n) is 4.69. The van der Waals surface area contributed by atoms with Gasteiger partial charge >= 0.3 is 5.97 Å². The highest BCUT2D eigenvalue weighted by atomic mass is 16.5. The molecule has 3 rings (SSSR count). The minimum Gasteiger partial charge on any atom is -0.492 e. The van der Waals surface area contributed by atoms with Gasteiger partial charge in [-0.25, -0.2) is 0 Å². The van der Waals surface area contributed by atoms with Crippen molar-refractivity contribution < 1.29 is 19.4 Å². The number of piperazine rings is 1. The van der Waals surface area contributed by atoms with Gasteiger partial charge in [-0.15, -0.1) is 0 Å². The normalized spacial score (nSPS) is 15.2. The number of rotatable bonds is 7.